The highest BCUT2D eigenvalue weighted by Gasteiger charge is 2.39. The molecule has 0 radical (unpaired) electrons. The van der Waals surface area contributed by atoms with E-state index in [1.807, 2.05) is 0 Å². The molecule has 7 N–H and O–H groups in total. The summed E-state index contributed by atoms with van der Waals surface area (Å²) in [5.74, 6) is -5.16. The van der Waals surface area contributed by atoms with Crippen LogP contribution < -0.4 is 16.4 Å². The van der Waals surface area contributed by atoms with E-state index in [1.54, 1.807) is 0 Å². The first-order chi connectivity index (χ1) is 13.1. The normalized spacial score (nSPS) is 19.4. The van der Waals surface area contributed by atoms with Crippen LogP contribution in [0, 0.1) is 0 Å². The van der Waals surface area contributed by atoms with Gasteiger partial charge < -0.3 is 36.6 Å². The largest absolute Gasteiger partial charge is 0.481 e. The zero-order valence-corrected chi connectivity index (χ0v) is 15.8. The van der Waals surface area contributed by atoms with Crippen LogP contribution in [0.2, 0.25) is 0 Å². The lowest BCUT2D eigenvalue weighted by molar-refractivity contribution is -0.148. The van der Waals surface area contributed by atoms with Crippen molar-refractivity contribution in [3.63, 3.8) is 0 Å². The van der Waals surface area contributed by atoms with Gasteiger partial charge in [0.25, 0.3) is 0 Å². The summed E-state index contributed by atoms with van der Waals surface area (Å²) >= 11 is 3.87. The minimum Gasteiger partial charge on any atom is -0.481 e. The molecule has 1 heterocycles. The van der Waals surface area contributed by atoms with Crippen LogP contribution in [0.15, 0.2) is 0 Å². The van der Waals surface area contributed by atoms with Crippen LogP contribution in [-0.4, -0.2) is 93.0 Å². The lowest BCUT2D eigenvalue weighted by Crippen LogP contribution is -2.58. The summed E-state index contributed by atoms with van der Waals surface area (Å²) in [6.45, 7) is -0.579. The molecule has 1 aliphatic rings. The van der Waals surface area contributed by atoms with Gasteiger partial charge in [0.1, 0.15) is 18.1 Å². The van der Waals surface area contributed by atoms with Gasteiger partial charge in [0, 0.05) is 12.3 Å². The van der Waals surface area contributed by atoms with E-state index in [9.17, 15) is 29.1 Å². The van der Waals surface area contributed by atoms with Gasteiger partial charge in [-0.15, -0.1) is 0 Å². The number of carboxylic acids is 2. The molecule has 158 valence electrons. The molecule has 13 heteroatoms. The maximum Gasteiger partial charge on any atom is 0.326 e. The van der Waals surface area contributed by atoms with Gasteiger partial charge in [-0.25, -0.2) is 4.79 Å². The number of hydrogen-bond donors (Lipinski definition) is 7. The summed E-state index contributed by atoms with van der Waals surface area (Å²) in [6.07, 6.45) is -0.166. The predicted molar refractivity (Wildman–Crippen MR) is 97.4 cm³/mol. The molecule has 1 rings (SSSR count). The van der Waals surface area contributed by atoms with Crippen LogP contribution in [0.25, 0.3) is 0 Å². The Bertz CT molecular complexity index is 631. The third kappa shape index (κ3) is 6.35. The van der Waals surface area contributed by atoms with E-state index < -0.39 is 66.9 Å². The Kier molecular flexibility index (Phi) is 9.15. The third-order valence-corrected chi connectivity index (χ3v) is 4.56. The van der Waals surface area contributed by atoms with E-state index in [0.717, 1.165) is 4.90 Å². The van der Waals surface area contributed by atoms with Crippen molar-refractivity contribution in [3.8, 4) is 0 Å². The number of carbonyl (C=O) groups excluding carboxylic acids is 3. The highest BCUT2D eigenvalue weighted by molar-refractivity contribution is 7.80. The fourth-order valence-electron chi connectivity index (χ4n) is 2.69. The van der Waals surface area contributed by atoms with Crippen molar-refractivity contribution in [3.05, 3.63) is 0 Å². The highest BCUT2D eigenvalue weighted by atomic mass is 32.1. The van der Waals surface area contributed by atoms with Crippen LogP contribution in [-0.2, 0) is 24.0 Å². The van der Waals surface area contributed by atoms with Gasteiger partial charge in [0.15, 0.2) is 0 Å². The zero-order chi connectivity index (χ0) is 21.4. The predicted octanol–water partition coefficient (Wildman–Crippen LogP) is -3.24. The molecule has 0 bridgehead atoms. The van der Waals surface area contributed by atoms with Crippen molar-refractivity contribution < 1.29 is 39.3 Å². The third-order valence-electron chi connectivity index (χ3n) is 4.16. The maximum atomic E-state index is 12.6. The number of carboxylic acid groups (broad SMARTS) is 2. The second-order valence-electron chi connectivity index (χ2n) is 6.22. The van der Waals surface area contributed by atoms with E-state index in [1.165, 1.54) is 0 Å². The fraction of sp³-hybridized carbons (Fsp3) is 0.667. The first-order valence-corrected chi connectivity index (χ1v) is 9.08. The second-order valence-corrected chi connectivity index (χ2v) is 6.58. The van der Waals surface area contributed by atoms with Crippen molar-refractivity contribution in [2.45, 2.75) is 43.4 Å². The van der Waals surface area contributed by atoms with Crippen LogP contribution >= 0.6 is 12.6 Å². The fourth-order valence-corrected chi connectivity index (χ4v) is 2.86. The molecular formula is C15H24N4O8S. The van der Waals surface area contributed by atoms with Crippen molar-refractivity contribution in [2.75, 3.05) is 18.9 Å². The van der Waals surface area contributed by atoms with E-state index in [-0.39, 0.29) is 18.7 Å². The smallest absolute Gasteiger partial charge is 0.326 e. The number of aliphatic carboxylic acids is 2. The minimum absolute atomic E-state index is 0.0209. The van der Waals surface area contributed by atoms with E-state index in [0.29, 0.717) is 6.42 Å². The Morgan fingerprint density at radius 3 is 2.29 bits per heavy atom. The quantitative estimate of drug-likeness (QED) is 0.177. The Labute approximate surface area is 165 Å². The molecule has 0 aliphatic carbocycles. The number of nitrogens with zero attached hydrogens (tertiary/aromatic N) is 1. The monoisotopic (exact) mass is 420 g/mol. The lowest BCUT2D eigenvalue weighted by Gasteiger charge is -2.29. The number of thiol groups is 1. The standard InChI is InChI=1S/C15H24N4O8S/c16-7(6-28)12(23)18-9(5-20)14(25)19-3-1-2-10(19)13(24)17-8(15(26)27)4-11(21)22/h7-10,20,28H,1-6,16H2,(H,17,24)(H,18,23)(H,21,22)(H,26,27). The first kappa shape index (κ1) is 23.7. The summed E-state index contributed by atoms with van der Waals surface area (Å²) in [4.78, 5) is 59.8. The SMILES string of the molecule is NC(CS)C(=O)NC(CO)C(=O)N1CCCC1C(=O)NC(CC(=O)O)C(=O)O. The number of rotatable bonds is 10. The van der Waals surface area contributed by atoms with E-state index >= 15 is 0 Å². The molecule has 0 aromatic heterocycles. The number of aliphatic hydroxyl groups is 1. The molecule has 3 amide bonds. The van der Waals surface area contributed by atoms with Crippen molar-refractivity contribution in [1.29, 1.82) is 0 Å². The molecule has 1 aliphatic heterocycles. The first-order valence-electron chi connectivity index (χ1n) is 8.45. The topological polar surface area (TPSA) is 199 Å². The van der Waals surface area contributed by atoms with Crippen LogP contribution in [0.3, 0.4) is 0 Å². The molecule has 0 aromatic carbocycles. The van der Waals surface area contributed by atoms with Gasteiger partial charge in [0.05, 0.1) is 19.1 Å². The Hall–Kier alpha value is -2.38. The van der Waals surface area contributed by atoms with Gasteiger partial charge in [-0.2, -0.15) is 12.6 Å². The van der Waals surface area contributed by atoms with Crippen molar-refractivity contribution in [1.82, 2.24) is 15.5 Å². The number of aliphatic hydroxyl groups excluding tert-OH is 1. The molecule has 4 unspecified atom stereocenters. The van der Waals surface area contributed by atoms with Crippen LogP contribution in [0.1, 0.15) is 19.3 Å². The van der Waals surface area contributed by atoms with Crippen LogP contribution in [0.4, 0.5) is 0 Å². The average molecular weight is 420 g/mol. The molecule has 12 nitrogen and oxygen atoms in total. The summed E-state index contributed by atoms with van der Waals surface area (Å²) in [5, 5.41) is 31.6. The molecule has 0 saturated carbocycles. The van der Waals surface area contributed by atoms with Gasteiger partial charge >= 0.3 is 11.9 Å². The minimum atomic E-state index is -1.65. The Morgan fingerprint density at radius 2 is 1.79 bits per heavy atom. The van der Waals surface area contributed by atoms with Crippen molar-refractivity contribution >= 4 is 42.3 Å². The average Bonchev–Trinajstić information content (AvgIpc) is 3.13. The number of nitrogens with two attached hydrogens (primary N) is 1. The number of nitrogens with one attached hydrogen (secondary N) is 2. The molecule has 1 fully saturated rings. The van der Waals surface area contributed by atoms with Crippen LogP contribution in [0.5, 0.6) is 0 Å². The molecule has 4 atom stereocenters. The number of amides is 3. The summed E-state index contributed by atoms with van der Waals surface area (Å²) in [6, 6.07) is -5.02. The maximum absolute atomic E-state index is 12.6. The summed E-state index contributed by atoms with van der Waals surface area (Å²) < 4.78 is 0. The number of carbonyl (C=O) groups is 5. The molecular weight excluding hydrogens is 396 g/mol. The van der Waals surface area contributed by atoms with Crippen molar-refractivity contribution in [2.24, 2.45) is 5.73 Å². The second kappa shape index (κ2) is 10.8. The van der Waals surface area contributed by atoms with Gasteiger partial charge in [-0.05, 0) is 12.8 Å². The lowest BCUT2D eigenvalue weighted by atomic mass is 10.1. The van der Waals surface area contributed by atoms with E-state index in [2.05, 4.69) is 23.3 Å². The van der Waals surface area contributed by atoms with Gasteiger partial charge in [-0.3, -0.25) is 19.2 Å². The molecule has 28 heavy (non-hydrogen) atoms. The Balaban J connectivity index is 2.84. The summed E-state index contributed by atoms with van der Waals surface area (Å²) in [5.41, 5.74) is 5.51. The summed E-state index contributed by atoms with van der Waals surface area (Å²) in [7, 11) is 0. The molecule has 1 saturated heterocycles. The number of likely N-dealkylation sites (tertiary alicyclic amines) is 1. The molecule has 0 spiro atoms. The number of hydrogen-bond acceptors (Lipinski definition) is 8. The Morgan fingerprint density at radius 1 is 1.14 bits per heavy atom. The van der Waals surface area contributed by atoms with Gasteiger partial charge in [-0.1, -0.05) is 0 Å². The highest BCUT2D eigenvalue weighted by Crippen LogP contribution is 2.19. The van der Waals surface area contributed by atoms with E-state index in [4.69, 9.17) is 15.9 Å². The zero-order valence-electron chi connectivity index (χ0n) is 14.9. The van der Waals surface area contributed by atoms with Gasteiger partial charge in [0.2, 0.25) is 17.7 Å². The molecule has 0 aromatic rings.